The molecule has 1 fully saturated rings. The highest BCUT2D eigenvalue weighted by atomic mass is 35.5. The minimum atomic E-state index is 0.611. The zero-order chi connectivity index (χ0) is 15.5. The third-order valence-electron chi connectivity index (χ3n) is 4.48. The van der Waals surface area contributed by atoms with Gasteiger partial charge in [-0.15, -0.1) is 0 Å². The van der Waals surface area contributed by atoms with E-state index in [2.05, 4.69) is 39.9 Å². The topological polar surface area (TPSA) is 35.2 Å². The second-order valence-corrected chi connectivity index (χ2v) is 6.43. The van der Waals surface area contributed by atoms with Crippen molar-refractivity contribution >= 4 is 11.6 Å². The smallest absolute Gasteiger partial charge is 0.0695 e. The lowest BCUT2D eigenvalue weighted by molar-refractivity contribution is 0.0835. The molecule has 2 aromatic rings. The van der Waals surface area contributed by atoms with Crippen molar-refractivity contribution in [2.75, 3.05) is 26.2 Å². The molecule has 1 unspecified atom stereocenters. The molecule has 3 rings (SSSR count). The first-order valence-corrected chi connectivity index (χ1v) is 8.29. The van der Waals surface area contributed by atoms with E-state index >= 15 is 0 Å². The van der Waals surface area contributed by atoms with Crippen molar-refractivity contribution in [1.29, 1.82) is 0 Å². The summed E-state index contributed by atoms with van der Waals surface area (Å²) in [6, 6.07) is 8.54. The number of hydrogen-bond donors (Lipinski definition) is 1. The molecule has 2 heterocycles. The van der Waals surface area contributed by atoms with Gasteiger partial charge in [-0.2, -0.15) is 5.10 Å². The van der Waals surface area contributed by atoms with Gasteiger partial charge in [0.1, 0.15) is 0 Å². The third kappa shape index (κ3) is 3.35. The molecule has 0 aliphatic carbocycles. The van der Waals surface area contributed by atoms with Gasteiger partial charge in [-0.3, -0.25) is 14.9 Å². The Morgan fingerprint density at radius 3 is 2.95 bits per heavy atom. The van der Waals surface area contributed by atoms with Gasteiger partial charge in [-0.25, -0.2) is 0 Å². The molecule has 22 heavy (non-hydrogen) atoms. The monoisotopic (exact) mass is 318 g/mol. The van der Waals surface area contributed by atoms with Crippen molar-refractivity contribution in [2.24, 2.45) is 0 Å². The van der Waals surface area contributed by atoms with Gasteiger partial charge in [0.15, 0.2) is 0 Å². The van der Waals surface area contributed by atoms with Crippen LogP contribution in [0, 0.1) is 0 Å². The van der Waals surface area contributed by atoms with Crippen LogP contribution in [0.2, 0.25) is 5.02 Å². The number of hydrogen-bond acceptors (Lipinski definition) is 3. The van der Waals surface area contributed by atoms with Crippen LogP contribution in [-0.4, -0.2) is 52.2 Å². The Morgan fingerprint density at radius 2 is 2.23 bits per heavy atom. The van der Waals surface area contributed by atoms with Gasteiger partial charge in [0.05, 0.1) is 11.9 Å². The van der Waals surface area contributed by atoms with E-state index in [4.69, 9.17) is 11.6 Å². The number of halogens is 1. The van der Waals surface area contributed by atoms with E-state index < -0.39 is 0 Å². The largest absolute Gasteiger partial charge is 0.298 e. The van der Waals surface area contributed by atoms with Crippen LogP contribution in [0.1, 0.15) is 19.4 Å². The zero-order valence-electron chi connectivity index (χ0n) is 13.2. The normalized spacial score (nSPS) is 20.4. The van der Waals surface area contributed by atoms with E-state index in [0.717, 1.165) is 49.0 Å². The van der Waals surface area contributed by atoms with Crippen LogP contribution in [0.15, 0.2) is 30.5 Å². The summed E-state index contributed by atoms with van der Waals surface area (Å²) in [7, 11) is 0. The standard InChI is InChI=1S/C17H23ClN4/c1-3-22-8-7-21(11-13(22)2)12-15-10-19-20-17(15)14-5-4-6-16(18)9-14/h4-6,9-10,13H,3,7-8,11-12H2,1-2H3,(H,19,20). The predicted molar refractivity (Wildman–Crippen MR) is 91.0 cm³/mol. The Bertz CT molecular complexity index is 625. The second-order valence-electron chi connectivity index (χ2n) is 5.99. The van der Waals surface area contributed by atoms with Crippen LogP contribution in [0.3, 0.4) is 0 Å². The van der Waals surface area contributed by atoms with Gasteiger partial charge in [-0.1, -0.05) is 30.7 Å². The molecule has 1 saturated heterocycles. The molecule has 1 aromatic carbocycles. The first-order chi connectivity index (χ1) is 10.7. The fraction of sp³-hybridized carbons (Fsp3) is 0.471. The quantitative estimate of drug-likeness (QED) is 0.940. The summed E-state index contributed by atoms with van der Waals surface area (Å²) in [5.41, 5.74) is 3.41. The number of aromatic amines is 1. The Hall–Kier alpha value is -1.36. The first kappa shape index (κ1) is 15.5. The summed E-state index contributed by atoms with van der Waals surface area (Å²) < 4.78 is 0. The summed E-state index contributed by atoms with van der Waals surface area (Å²) in [6.45, 7) is 9.96. The molecule has 0 amide bonds. The molecule has 1 aliphatic rings. The number of aromatic nitrogens is 2. The van der Waals surface area contributed by atoms with E-state index in [0.29, 0.717) is 6.04 Å². The van der Waals surface area contributed by atoms with Crippen molar-refractivity contribution in [2.45, 2.75) is 26.4 Å². The maximum atomic E-state index is 6.11. The molecule has 1 aromatic heterocycles. The van der Waals surface area contributed by atoms with Gasteiger partial charge >= 0.3 is 0 Å². The fourth-order valence-corrected chi connectivity index (χ4v) is 3.44. The first-order valence-electron chi connectivity index (χ1n) is 7.92. The lowest BCUT2D eigenvalue weighted by atomic mass is 10.1. The van der Waals surface area contributed by atoms with Crippen molar-refractivity contribution in [3.05, 3.63) is 41.0 Å². The van der Waals surface area contributed by atoms with E-state index in [1.54, 1.807) is 0 Å². The summed E-state index contributed by atoms with van der Waals surface area (Å²) in [4.78, 5) is 5.04. The maximum absolute atomic E-state index is 6.11. The molecule has 118 valence electrons. The molecule has 0 spiro atoms. The van der Waals surface area contributed by atoms with Crippen LogP contribution < -0.4 is 0 Å². The van der Waals surface area contributed by atoms with Gasteiger partial charge in [0.25, 0.3) is 0 Å². The fourth-order valence-electron chi connectivity index (χ4n) is 3.25. The molecule has 0 radical (unpaired) electrons. The molecule has 0 saturated carbocycles. The summed E-state index contributed by atoms with van der Waals surface area (Å²) in [5.74, 6) is 0. The Balaban J connectivity index is 1.73. The lowest BCUT2D eigenvalue weighted by Crippen LogP contribution is -2.51. The third-order valence-corrected chi connectivity index (χ3v) is 4.72. The Morgan fingerprint density at radius 1 is 1.36 bits per heavy atom. The van der Waals surface area contributed by atoms with Crippen molar-refractivity contribution < 1.29 is 0 Å². The number of nitrogens with zero attached hydrogens (tertiary/aromatic N) is 3. The zero-order valence-corrected chi connectivity index (χ0v) is 14.0. The van der Waals surface area contributed by atoms with Crippen molar-refractivity contribution in [1.82, 2.24) is 20.0 Å². The van der Waals surface area contributed by atoms with Crippen LogP contribution in [0.4, 0.5) is 0 Å². The van der Waals surface area contributed by atoms with E-state index in [-0.39, 0.29) is 0 Å². The average Bonchev–Trinajstić information content (AvgIpc) is 2.95. The molecular formula is C17H23ClN4. The van der Waals surface area contributed by atoms with Crippen molar-refractivity contribution in [3.63, 3.8) is 0 Å². The van der Waals surface area contributed by atoms with Crippen LogP contribution in [0.25, 0.3) is 11.3 Å². The number of H-pyrrole nitrogens is 1. The SMILES string of the molecule is CCN1CCN(Cc2cn[nH]c2-c2cccc(Cl)c2)CC1C. The van der Waals surface area contributed by atoms with E-state index in [1.807, 2.05) is 24.4 Å². The summed E-state index contributed by atoms with van der Waals surface area (Å²) in [5, 5.41) is 8.12. The van der Waals surface area contributed by atoms with Gasteiger partial charge in [-0.05, 0) is 25.6 Å². The second kappa shape index (κ2) is 6.82. The predicted octanol–water partition coefficient (Wildman–Crippen LogP) is 3.26. The highest BCUT2D eigenvalue weighted by Crippen LogP contribution is 2.25. The number of likely N-dealkylation sites (N-methyl/N-ethyl adjacent to an activating group) is 1. The highest BCUT2D eigenvalue weighted by molar-refractivity contribution is 6.30. The molecule has 0 bridgehead atoms. The van der Waals surface area contributed by atoms with Crippen LogP contribution >= 0.6 is 11.6 Å². The lowest BCUT2D eigenvalue weighted by Gasteiger charge is -2.39. The van der Waals surface area contributed by atoms with Crippen LogP contribution in [0.5, 0.6) is 0 Å². The summed E-state index contributed by atoms with van der Waals surface area (Å²) in [6.07, 6.45) is 1.94. The van der Waals surface area contributed by atoms with E-state index in [1.165, 1.54) is 5.56 Å². The van der Waals surface area contributed by atoms with E-state index in [9.17, 15) is 0 Å². The number of rotatable bonds is 4. The molecule has 1 atom stereocenters. The summed E-state index contributed by atoms with van der Waals surface area (Å²) >= 11 is 6.11. The van der Waals surface area contributed by atoms with Gasteiger partial charge in [0.2, 0.25) is 0 Å². The molecular weight excluding hydrogens is 296 g/mol. The minimum Gasteiger partial charge on any atom is -0.298 e. The molecule has 1 aliphatic heterocycles. The molecule has 4 nitrogen and oxygen atoms in total. The molecule has 1 N–H and O–H groups in total. The number of piperazine rings is 1. The highest BCUT2D eigenvalue weighted by Gasteiger charge is 2.23. The molecule has 5 heteroatoms. The van der Waals surface area contributed by atoms with Crippen molar-refractivity contribution in [3.8, 4) is 11.3 Å². The number of nitrogens with one attached hydrogen (secondary N) is 1. The Kier molecular flexibility index (Phi) is 4.81. The Labute approximate surface area is 137 Å². The van der Waals surface area contributed by atoms with Gasteiger partial charge < -0.3 is 0 Å². The maximum Gasteiger partial charge on any atom is 0.0695 e. The average molecular weight is 319 g/mol. The number of benzene rings is 1. The minimum absolute atomic E-state index is 0.611. The van der Waals surface area contributed by atoms with Gasteiger partial charge in [0, 0.05) is 48.4 Å². The van der Waals surface area contributed by atoms with Crippen LogP contribution in [-0.2, 0) is 6.54 Å².